The van der Waals surface area contributed by atoms with Crippen molar-refractivity contribution in [3.63, 3.8) is 0 Å². The molecule has 0 aromatic heterocycles. The van der Waals surface area contributed by atoms with E-state index in [0.717, 1.165) is 12.8 Å². The molecule has 120 valence electrons. The molecule has 0 fully saturated rings. The Morgan fingerprint density at radius 3 is 1.45 bits per heavy atom. The van der Waals surface area contributed by atoms with Crippen molar-refractivity contribution in [3.05, 3.63) is 12.3 Å². The van der Waals surface area contributed by atoms with Crippen molar-refractivity contribution >= 4 is 0 Å². The van der Waals surface area contributed by atoms with Crippen molar-refractivity contribution < 1.29 is 10.2 Å². The Labute approximate surface area is 126 Å². The smallest absolute Gasteiger partial charge is 0.114 e. The van der Waals surface area contributed by atoms with Crippen LogP contribution in [0.15, 0.2) is 12.3 Å². The van der Waals surface area contributed by atoms with E-state index in [1.54, 1.807) is 0 Å². The average molecular weight is 284 g/mol. The maximum Gasteiger partial charge on any atom is 0.114 e. The van der Waals surface area contributed by atoms with Gasteiger partial charge in [0, 0.05) is 0 Å². The minimum absolute atomic E-state index is 0.0936. The Morgan fingerprint density at radius 2 is 1.10 bits per heavy atom. The van der Waals surface area contributed by atoms with E-state index in [1.807, 2.05) is 0 Å². The van der Waals surface area contributed by atoms with Crippen molar-refractivity contribution in [2.75, 3.05) is 0 Å². The predicted octanol–water partition coefficient (Wildman–Crippen LogP) is 5.90. The molecule has 20 heavy (non-hydrogen) atoms. The zero-order chi connectivity index (χ0) is 15.1. The second kappa shape index (κ2) is 14.9. The summed E-state index contributed by atoms with van der Waals surface area (Å²) in [6, 6.07) is 0. The van der Waals surface area contributed by atoms with E-state index < -0.39 is 6.10 Å². The largest absolute Gasteiger partial charge is 0.510 e. The molecule has 2 heteroatoms. The molecule has 0 rings (SSSR count). The predicted molar refractivity (Wildman–Crippen MR) is 88.1 cm³/mol. The van der Waals surface area contributed by atoms with Gasteiger partial charge in [-0.05, 0) is 6.42 Å². The molecule has 0 aliphatic heterocycles. The first-order chi connectivity index (χ1) is 9.68. The molecule has 1 atom stereocenters. The molecule has 2 N–H and O–H groups in total. The number of unbranched alkanes of at least 4 members (excludes halogenated alkanes) is 12. The van der Waals surface area contributed by atoms with E-state index in [9.17, 15) is 5.11 Å². The molecule has 0 radical (unpaired) electrons. The summed E-state index contributed by atoms with van der Waals surface area (Å²) in [5.41, 5.74) is 0. The van der Waals surface area contributed by atoms with Crippen LogP contribution in [0.25, 0.3) is 0 Å². The topological polar surface area (TPSA) is 40.5 Å². The van der Waals surface area contributed by atoms with Gasteiger partial charge in [-0.1, -0.05) is 97.0 Å². The molecule has 0 heterocycles. The van der Waals surface area contributed by atoms with Gasteiger partial charge < -0.3 is 10.2 Å². The van der Waals surface area contributed by atoms with E-state index >= 15 is 0 Å². The van der Waals surface area contributed by atoms with Crippen LogP contribution in [0.3, 0.4) is 0 Å². The zero-order valence-corrected chi connectivity index (χ0v) is 13.6. The second-order valence-corrected chi connectivity index (χ2v) is 6.04. The van der Waals surface area contributed by atoms with Crippen LogP contribution in [-0.2, 0) is 0 Å². The summed E-state index contributed by atoms with van der Waals surface area (Å²) in [5.74, 6) is -0.0936. The highest BCUT2D eigenvalue weighted by molar-refractivity contribution is 4.88. The third kappa shape index (κ3) is 13.9. The lowest BCUT2D eigenvalue weighted by molar-refractivity contribution is 0.142. The van der Waals surface area contributed by atoms with Crippen LogP contribution in [0.4, 0.5) is 0 Å². The number of hydrogen-bond acceptors (Lipinski definition) is 2. The molecule has 1 unspecified atom stereocenters. The summed E-state index contributed by atoms with van der Waals surface area (Å²) in [6.07, 6.45) is 17.2. The quantitative estimate of drug-likeness (QED) is 0.290. The number of rotatable bonds is 15. The van der Waals surface area contributed by atoms with Crippen molar-refractivity contribution in [1.29, 1.82) is 0 Å². The molecular weight excluding hydrogens is 248 g/mol. The van der Waals surface area contributed by atoms with Crippen LogP contribution in [-0.4, -0.2) is 16.3 Å². The Hall–Kier alpha value is -0.500. The first kappa shape index (κ1) is 19.5. The molecule has 0 aromatic rings. The van der Waals surface area contributed by atoms with Crippen LogP contribution in [0.1, 0.15) is 96.8 Å². The first-order valence-corrected chi connectivity index (χ1v) is 8.74. The Bertz CT molecular complexity index is 213. The molecular formula is C18H36O2. The van der Waals surface area contributed by atoms with Gasteiger partial charge in [0.25, 0.3) is 0 Å². The maximum absolute atomic E-state index is 9.35. The lowest BCUT2D eigenvalue weighted by Crippen LogP contribution is -2.08. The average Bonchev–Trinajstić information content (AvgIpc) is 2.43. The summed E-state index contributed by atoms with van der Waals surface area (Å²) in [5, 5.41) is 18.3. The standard InChI is InChI=1S/C18H36O2/c1-3-4-5-6-7-8-9-10-11-12-13-14-15-16-18(20)17(2)19/h18-20H,2-16H2,1H3. The van der Waals surface area contributed by atoms with Gasteiger partial charge in [-0.2, -0.15) is 0 Å². The van der Waals surface area contributed by atoms with Crippen molar-refractivity contribution in [3.8, 4) is 0 Å². The monoisotopic (exact) mass is 284 g/mol. The fourth-order valence-corrected chi connectivity index (χ4v) is 2.52. The SMILES string of the molecule is C=C(O)C(O)CCCCCCCCCCCCCCC. The van der Waals surface area contributed by atoms with E-state index in [4.69, 9.17) is 5.11 Å². The van der Waals surface area contributed by atoms with E-state index in [2.05, 4.69) is 13.5 Å². The van der Waals surface area contributed by atoms with Crippen molar-refractivity contribution in [2.45, 2.75) is 103 Å². The second-order valence-electron chi connectivity index (χ2n) is 6.04. The summed E-state index contributed by atoms with van der Waals surface area (Å²) in [7, 11) is 0. The molecule has 0 aliphatic rings. The van der Waals surface area contributed by atoms with Gasteiger partial charge >= 0.3 is 0 Å². The van der Waals surface area contributed by atoms with Gasteiger partial charge in [-0.3, -0.25) is 0 Å². The van der Waals surface area contributed by atoms with Gasteiger partial charge in [-0.25, -0.2) is 0 Å². The number of aliphatic hydroxyl groups excluding tert-OH is 2. The number of hydrogen-bond donors (Lipinski definition) is 2. The van der Waals surface area contributed by atoms with Gasteiger partial charge in [0.1, 0.15) is 11.9 Å². The molecule has 0 saturated heterocycles. The van der Waals surface area contributed by atoms with E-state index in [1.165, 1.54) is 70.6 Å². The third-order valence-electron chi connectivity index (χ3n) is 3.97. The van der Waals surface area contributed by atoms with Crippen LogP contribution in [0, 0.1) is 0 Å². The molecule has 0 bridgehead atoms. The van der Waals surface area contributed by atoms with Crippen molar-refractivity contribution in [2.24, 2.45) is 0 Å². The highest BCUT2D eigenvalue weighted by Gasteiger charge is 2.05. The van der Waals surface area contributed by atoms with E-state index in [-0.39, 0.29) is 5.76 Å². The van der Waals surface area contributed by atoms with Crippen molar-refractivity contribution in [1.82, 2.24) is 0 Å². The van der Waals surface area contributed by atoms with Crippen LogP contribution >= 0.6 is 0 Å². The summed E-state index contributed by atoms with van der Waals surface area (Å²) >= 11 is 0. The molecule has 0 aromatic carbocycles. The minimum atomic E-state index is -0.720. The highest BCUT2D eigenvalue weighted by Crippen LogP contribution is 2.14. The molecule has 0 saturated carbocycles. The van der Waals surface area contributed by atoms with Gasteiger partial charge in [0.05, 0.1) is 0 Å². The molecule has 0 spiro atoms. The Morgan fingerprint density at radius 1 is 0.750 bits per heavy atom. The summed E-state index contributed by atoms with van der Waals surface area (Å²) in [4.78, 5) is 0. The van der Waals surface area contributed by atoms with Crippen LogP contribution in [0.5, 0.6) is 0 Å². The fourth-order valence-electron chi connectivity index (χ4n) is 2.52. The van der Waals surface area contributed by atoms with E-state index in [0.29, 0.717) is 6.42 Å². The fraction of sp³-hybridized carbons (Fsp3) is 0.889. The Balaban J connectivity index is 3.04. The molecule has 0 aliphatic carbocycles. The number of aliphatic hydroxyl groups is 2. The van der Waals surface area contributed by atoms with Crippen LogP contribution in [0.2, 0.25) is 0 Å². The molecule has 2 nitrogen and oxygen atoms in total. The third-order valence-corrected chi connectivity index (χ3v) is 3.97. The summed E-state index contributed by atoms with van der Waals surface area (Å²) in [6.45, 7) is 5.61. The zero-order valence-electron chi connectivity index (χ0n) is 13.6. The normalized spacial score (nSPS) is 12.5. The first-order valence-electron chi connectivity index (χ1n) is 8.74. The van der Waals surface area contributed by atoms with Gasteiger partial charge in [-0.15, -0.1) is 0 Å². The Kier molecular flexibility index (Phi) is 14.5. The minimum Gasteiger partial charge on any atom is -0.510 e. The lowest BCUT2D eigenvalue weighted by atomic mass is 10.0. The lowest BCUT2D eigenvalue weighted by Gasteiger charge is -2.08. The van der Waals surface area contributed by atoms with Crippen LogP contribution < -0.4 is 0 Å². The van der Waals surface area contributed by atoms with Gasteiger partial charge in [0.15, 0.2) is 0 Å². The highest BCUT2D eigenvalue weighted by atomic mass is 16.3. The van der Waals surface area contributed by atoms with Gasteiger partial charge in [0.2, 0.25) is 0 Å². The maximum atomic E-state index is 9.35. The summed E-state index contributed by atoms with van der Waals surface area (Å²) < 4.78 is 0. The molecule has 0 amide bonds.